The Hall–Kier alpha value is -1.51. The van der Waals surface area contributed by atoms with Crippen molar-refractivity contribution in [2.75, 3.05) is 7.05 Å². The fourth-order valence-electron chi connectivity index (χ4n) is 2.04. The summed E-state index contributed by atoms with van der Waals surface area (Å²) in [6.07, 6.45) is 0.911. The molecule has 1 N–H and O–H groups in total. The van der Waals surface area contributed by atoms with Crippen LogP contribution in [0.25, 0.3) is 0 Å². The first-order valence-electron chi connectivity index (χ1n) is 6.86. The first-order chi connectivity index (χ1) is 9.72. The van der Waals surface area contributed by atoms with Gasteiger partial charge in [0.25, 0.3) is 0 Å². The highest BCUT2D eigenvalue weighted by Gasteiger charge is 2.02. The van der Waals surface area contributed by atoms with Crippen molar-refractivity contribution in [2.45, 2.75) is 26.5 Å². The van der Waals surface area contributed by atoms with Crippen LogP contribution in [0, 0.1) is 0 Å². The number of hydrogen-bond donors (Lipinski definition) is 1. The van der Waals surface area contributed by atoms with E-state index in [1.165, 1.54) is 5.56 Å². The second-order valence-corrected chi connectivity index (χ2v) is 5.15. The average Bonchev–Trinajstić information content (AvgIpc) is 2.48. The first kappa shape index (κ1) is 14.9. The summed E-state index contributed by atoms with van der Waals surface area (Å²) in [5.74, 6) is 0.866. The number of hydrogen-bond acceptors (Lipinski definition) is 2. The Morgan fingerprint density at radius 2 is 1.75 bits per heavy atom. The summed E-state index contributed by atoms with van der Waals surface area (Å²) in [5, 5.41) is 3.94. The fourth-order valence-corrected chi connectivity index (χ4v) is 2.29. The minimum atomic E-state index is 0.574. The van der Waals surface area contributed by atoms with Gasteiger partial charge in [-0.3, -0.25) is 0 Å². The molecule has 2 aromatic carbocycles. The van der Waals surface area contributed by atoms with Crippen LogP contribution in [0.4, 0.5) is 0 Å². The van der Waals surface area contributed by atoms with Gasteiger partial charge in [0.1, 0.15) is 12.4 Å². The van der Waals surface area contributed by atoms with E-state index in [0.717, 1.165) is 34.9 Å². The lowest BCUT2D eigenvalue weighted by atomic mass is 10.1. The molecule has 3 heteroatoms. The Morgan fingerprint density at radius 3 is 2.40 bits per heavy atom. The van der Waals surface area contributed by atoms with E-state index < -0.39 is 0 Å². The van der Waals surface area contributed by atoms with Gasteiger partial charge >= 0.3 is 0 Å². The number of nitrogens with one attached hydrogen (secondary N) is 1. The normalized spacial score (nSPS) is 10.6. The van der Waals surface area contributed by atoms with Gasteiger partial charge in [0.05, 0.1) is 0 Å². The molecule has 0 radical (unpaired) electrons. The van der Waals surface area contributed by atoms with Crippen LogP contribution in [0.1, 0.15) is 23.6 Å². The highest BCUT2D eigenvalue weighted by Crippen LogP contribution is 2.23. The van der Waals surface area contributed by atoms with Gasteiger partial charge in [-0.1, -0.05) is 42.8 Å². The molecule has 0 saturated carbocycles. The van der Waals surface area contributed by atoms with Gasteiger partial charge in [-0.2, -0.15) is 0 Å². The Bertz CT molecular complexity index is 551. The number of benzene rings is 2. The lowest BCUT2D eigenvalue weighted by Gasteiger charge is -2.09. The molecule has 0 aromatic heterocycles. The van der Waals surface area contributed by atoms with Crippen LogP contribution in [-0.4, -0.2) is 7.05 Å². The van der Waals surface area contributed by atoms with Gasteiger partial charge in [-0.25, -0.2) is 0 Å². The maximum absolute atomic E-state index is 6.10. The highest BCUT2D eigenvalue weighted by molar-refractivity contribution is 6.31. The molecule has 2 aromatic rings. The average molecular weight is 290 g/mol. The van der Waals surface area contributed by atoms with Gasteiger partial charge in [0, 0.05) is 11.6 Å². The molecule has 0 amide bonds. The lowest BCUT2D eigenvalue weighted by Crippen LogP contribution is -2.05. The van der Waals surface area contributed by atoms with Gasteiger partial charge < -0.3 is 10.1 Å². The molecule has 0 aliphatic heterocycles. The highest BCUT2D eigenvalue weighted by atomic mass is 35.5. The number of halogens is 1. The van der Waals surface area contributed by atoms with Gasteiger partial charge in [-0.05, 0) is 48.4 Å². The molecule has 0 aliphatic carbocycles. The molecule has 106 valence electrons. The van der Waals surface area contributed by atoms with Crippen LogP contribution in [0.2, 0.25) is 5.02 Å². The minimum Gasteiger partial charge on any atom is -0.489 e. The van der Waals surface area contributed by atoms with Crippen molar-refractivity contribution in [1.82, 2.24) is 5.32 Å². The summed E-state index contributed by atoms with van der Waals surface area (Å²) in [4.78, 5) is 0. The van der Waals surface area contributed by atoms with Crippen molar-refractivity contribution in [1.29, 1.82) is 0 Å². The van der Waals surface area contributed by atoms with E-state index >= 15 is 0 Å². The summed E-state index contributed by atoms with van der Waals surface area (Å²) in [6.45, 7) is 3.55. The summed E-state index contributed by atoms with van der Waals surface area (Å²) in [5.41, 5.74) is 3.56. The molecule has 0 heterocycles. The predicted octanol–water partition coefficient (Wildman–Crippen LogP) is 4.20. The third kappa shape index (κ3) is 3.99. The maximum Gasteiger partial charge on any atom is 0.120 e. The standard InChI is InChI=1S/C17H20ClNO/c1-3-15-10-16(8-9-17(15)18)20-12-14-6-4-13(5-7-14)11-19-2/h4-10,19H,3,11-12H2,1-2H3. The zero-order chi connectivity index (χ0) is 14.4. The molecular weight excluding hydrogens is 270 g/mol. The van der Waals surface area contributed by atoms with E-state index in [1.807, 2.05) is 25.2 Å². The Labute approximate surface area is 125 Å². The van der Waals surface area contributed by atoms with Crippen LogP contribution in [0.15, 0.2) is 42.5 Å². The molecule has 0 bridgehead atoms. The van der Waals surface area contributed by atoms with Gasteiger partial charge in [-0.15, -0.1) is 0 Å². The van der Waals surface area contributed by atoms with E-state index in [-0.39, 0.29) is 0 Å². The van der Waals surface area contributed by atoms with Crippen LogP contribution in [-0.2, 0) is 19.6 Å². The molecule has 2 rings (SSSR count). The second-order valence-electron chi connectivity index (χ2n) is 4.74. The topological polar surface area (TPSA) is 21.3 Å². The summed E-state index contributed by atoms with van der Waals surface area (Å²) in [7, 11) is 1.95. The quantitative estimate of drug-likeness (QED) is 0.860. The summed E-state index contributed by atoms with van der Waals surface area (Å²) >= 11 is 6.10. The molecule has 20 heavy (non-hydrogen) atoms. The third-order valence-corrected chi connectivity index (χ3v) is 3.58. The molecule has 0 fully saturated rings. The Kier molecular flexibility index (Phi) is 5.45. The molecular formula is C17H20ClNO. The van der Waals surface area contributed by atoms with Gasteiger partial charge in [0.15, 0.2) is 0 Å². The van der Waals surface area contributed by atoms with E-state index in [0.29, 0.717) is 6.61 Å². The minimum absolute atomic E-state index is 0.574. The van der Waals surface area contributed by atoms with Crippen molar-refractivity contribution in [3.05, 3.63) is 64.2 Å². The Balaban J connectivity index is 1.97. The van der Waals surface area contributed by atoms with Crippen LogP contribution < -0.4 is 10.1 Å². The zero-order valence-corrected chi connectivity index (χ0v) is 12.7. The van der Waals surface area contributed by atoms with Crippen LogP contribution >= 0.6 is 11.6 Å². The third-order valence-electron chi connectivity index (χ3n) is 3.21. The second kappa shape index (κ2) is 7.32. The maximum atomic E-state index is 6.10. The SMILES string of the molecule is CCc1cc(OCc2ccc(CNC)cc2)ccc1Cl. The molecule has 0 atom stereocenters. The lowest BCUT2D eigenvalue weighted by molar-refractivity contribution is 0.306. The smallest absolute Gasteiger partial charge is 0.120 e. The van der Waals surface area contributed by atoms with Gasteiger partial charge in [0.2, 0.25) is 0 Å². The van der Waals surface area contributed by atoms with Crippen molar-refractivity contribution in [2.24, 2.45) is 0 Å². The Morgan fingerprint density at radius 1 is 1.05 bits per heavy atom. The van der Waals surface area contributed by atoms with Crippen molar-refractivity contribution >= 4 is 11.6 Å². The van der Waals surface area contributed by atoms with E-state index in [9.17, 15) is 0 Å². The monoisotopic (exact) mass is 289 g/mol. The summed E-state index contributed by atoms with van der Waals surface area (Å²) in [6, 6.07) is 14.3. The first-order valence-corrected chi connectivity index (χ1v) is 7.24. The van der Waals surface area contributed by atoms with Crippen LogP contribution in [0.3, 0.4) is 0 Å². The van der Waals surface area contributed by atoms with Crippen molar-refractivity contribution in [3.8, 4) is 5.75 Å². The van der Waals surface area contributed by atoms with Crippen molar-refractivity contribution in [3.63, 3.8) is 0 Å². The molecule has 0 aliphatic rings. The predicted molar refractivity (Wildman–Crippen MR) is 84.4 cm³/mol. The largest absolute Gasteiger partial charge is 0.489 e. The zero-order valence-electron chi connectivity index (χ0n) is 11.9. The summed E-state index contributed by atoms with van der Waals surface area (Å²) < 4.78 is 5.82. The van der Waals surface area contributed by atoms with Crippen molar-refractivity contribution < 1.29 is 4.74 Å². The molecule has 0 spiro atoms. The molecule has 0 saturated heterocycles. The van der Waals surface area contributed by atoms with E-state index in [2.05, 4.69) is 36.5 Å². The number of ether oxygens (including phenoxy) is 1. The fraction of sp³-hybridized carbons (Fsp3) is 0.294. The number of rotatable bonds is 6. The molecule has 0 unspecified atom stereocenters. The van der Waals surface area contributed by atoms with E-state index in [4.69, 9.17) is 16.3 Å². The number of aryl methyl sites for hydroxylation is 1. The van der Waals surface area contributed by atoms with E-state index in [1.54, 1.807) is 0 Å². The molecule has 2 nitrogen and oxygen atoms in total. The van der Waals surface area contributed by atoms with Crippen LogP contribution in [0.5, 0.6) is 5.75 Å².